The number of fused-ring (bicyclic) bond motifs is 1. The van der Waals surface area contributed by atoms with Crippen LogP contribution in [0.15, 0.2) is 77.9 Å². The maximum Gasteiger partial charge on any atom is 0.170 e. The van der Waals surface area contributed by atoms with E-state index in [1.165, 1.54) is 22.1 Å². The van der Waals surface area contributed by atoms with Crippen LogP contribution in [0.3, 0.4) is 0 Å². The lowest BCUT2D eigenvalue weighted by Crippen LogP contribution is -2.35. The van der Waals surface area contributed by atoms with Gasteiger partial charge in [-0.25, -0.2) is 5.53 Å². The molecular weight excluding hydrogens is 362 g/mol. The standard InChI is InChI=1S/C23H21N5O/c1-29-18-10-11-19-20(22(24-21(19)14-18)16-7-3-2-4-8-16)13-15-6-5-9-17(12-15)23-25-27-28-26-23/h2-12,14,24,27-28H,13H2,1H3,(H,25,26). The Kier molecular flexibility index (Phi) is 4.38. The summed E-state index contributed by atoms with van der Waals surface area (Å²) in [6.07, 6.45) is 0.804. The Morgan fingerprint density at radius 2 is 1.76 bits per heavy atom. The van der Waals surface area contributed by atoms with E-state index in [-0.39, 0.29) is 0 Å². The molecule has 0 aliphatic carbocycles. The molecule has 4 aromatic rings. The van der Waals surface area contributed by atoms with Crippen molar-refractivity contribution < 1.29 is 4.74 Å². The molecule has 3 aromatic carbocycles. The zero-order chi connectivity index (χ0) is 19.6. The number of rotatable bonds is 5. The number of nitrogens with zero attached hydrogens (tertiary/aromatic N) is 1. The van der Waals surface area contributed by atoms with Gasteiger partial charge < -0.3 is 9.72 Å². The van der Waals surface area contributed by atoms with Crippen molar-refractivity contribution in [1.82, 2.24) is 21.5 Å². The second kappa shape index (κ2) is 7.33. The number of amidine groups is 1. The Labute approximate surface area is 168 Å². The molecule has 0 spiro atoms. The van der Waals surface area contributed by atoms with E-state index in [1.54, 1.807) is 7.11 Å². The Bertz CT molecular complexity index is 1200. The normalized spacial score (nSPS) is 13.1. The average Bonchev–Trinajstić information content (AvgIpc) is 3.43. The van der Waals surface area contributed by atoms with E-state index >= 15 is 0 Å². The van der Waals surface area contributed by atoms with Crippen LogP contribution in [0, 0.1) is 0 Å². The van der Waals surface area contributed by atoms with Gasteiger partial charge in [0, 0.05) is 29.0 Å². The van der Waals surface area contributed by atoms with Gasteiger partial charge in [-0.15, -0.1) is 10.6 Å². The van der Waals surface area contributed by atoms with Gasteiger partial charge in [0.05, 0.1) is 12.8 Å². The van der Waals surface area contributed by atoms with Gasteiger partial charge in [-0.05, 0) is 34.9 Å². The average molecular weight is 383 g/mol. The largest absolute Gasteiger partial charge is 0.497 e. The first-order chi connectivity index (χ1) is 14.3. The maximum atomic E-state index is 5.42. The fourth-order valence-corrected chi connectivity index (χ4v) is 3.76. The molecule has 0 saturated heterocycles. The van der Waals surface area contributed by atoms with Gasteiger partial charge in [0.2, 0.25) is 0 Å². The van der Waals surface area contributed by atoms with Crippen LogP contribution in [0.1, 0.15) is 16.7 Å². The molecule has 0 radical (unpaired) electrons. The molecule has 29 heavy (non-hydrogen) atoms. The molecule has 6 nitrogen and oxygen atoms in total. The molecule has 0 atom stereocenters. The topological polar surface area (TPSA) is 73.5 Å². The minimum absolute atomic E-state index is 0.777. The number of hydrogen-bond donors (Lipinski definition) is 4. The molecule has 4 N–H and O–H groups in total. The smallest absolute Gasteiger partial charge is 0.170 e. The molecule has 2 heterocycles. The number of aromatic amines is 1. The monoisotopic (exact) mass is 383 g/mol. The zero-order valence-corrected chi connectivity index (χ0v) is 16.0. The van der Waals surface area contributed by atoms with Crippen LogP contribution in [-0.4, -0.2) is 17.9 Å². The third-order valence-corrected chi connectivity index (χ3v) is 5.16. The Hall–Kier alpha value is -3.77. The zero-order valence-electron chi connectivity index (χ0n) is 16.0. The SMILES string of the molecule is COc1ccc2c(Cc3cccc(C4=NNNN4)c3)c(-c3ccccc3)[nH]c2c1. The summed E-state index contributed by atoms with van der Waals surface area (Å²) >= 11 is 0. The Morgan fingerprint density at radius 3 is 2.55 bits per heavy atom. The lowest BCUT2D eigenvalue weighted by Gasteiger charge is -2.08. The van der Waals surface area contributed by atoms with Gasteiger partial charge in [-0.2, -0.15) is 0 Å². The van der Waals surface area contributed by atoms with Crippen molar-refractivity contribution in [1.29, 1.82) is 0 Å². The van der Waals surface area contributed by atoms with Crippen LogP contribution in [-0.2, 0) is 6.42 Å². The van der Waals surface area contributed by atoms with E-state index in [2.05, 4.69) is 81.2 Å². The number of aromatic nitrogens is 1. The second-order valence-electron chi connectivity index (χ2n) is 6.96. The van der Waals surface area contributed by atoms with Crippen LogP contribution < -0.4 is 21.2 Å². The third-order valence-electron chi connectivity index (χ3n) is 5.16. The first-order valence-electron chi connectivity index (χ1n) is 9.49. The summed E-state index contributed by atoms with van der Waals surface area (Å²) in [6, 6.07) is 25.1. The summed E-state index contributed by atoms with van der Waals surface area (Å²) in [4.78, 5) is 3.61. The van der Waals surface area contributed by atoms with E-state index in [0.29, 0.717) is 0 Å². The highest BCUT2D eigenvalue weighted by molar-refractivity contribution is 5.99. The summed E-state index contributed by atoms with van der Waals surface area (Å²) in [5, 5.41) is 5.41. The number of hydrazone groups is 1. The summed E-state index contributed by atoms with van der Waals surface area (Å²) in [5.41, 5.74) is 15.4. The highest BCUT2D eigenvalue weighted by atomic mass is 16.5. The minimum atomic E-state index is 0.777. The number of hydrazine groups is 2. The molecule has 0 unspecified atom stereocenters. The minimum Gasteiger partial charge on any atom is -0.497 e. The summed E-state index contributed by atoms with van der Waals surface area (Å²) < 4.78 is 5.42. The maximum absolute atomic E-state index is 5.42. The van der Waals surface area contributed by atoms with Gasteiger partial charge >= 0.3 is 0 Å². The summed E-state index contributed by atoms with van der Waals surface area (Å²) in [5.74, 6) is 1.62. The molecule has 5 rings (SSSR count). The van der Waals surface area contributed by atoms with Crippen LogP contribution in [0.25, 0.3) is 22.2 Å². The summed E-state index contributed by atoms with van der Waals surface area (Å²) in [6.45, 7) is 0. The third kappa shape index (κ3) is 3.30. The quantitative estimate of drug-likeness (QED) is 0.424. The highest BCUT2D eigenvalue weighted by Crippen LogP contribution is 2.34. The number of H-pyrrole nitrogens is 1. The lowest BCUT2D eigenvalue weighted by atomic mass is 9.97. The first kappa shape index (κ1) is 17.3. The van der Waals surface area contributed by atoms with E-state index in [0.717, 1.165) is 34.8 Å². The van der Waals surface area contributed by atoms with Crippen molar-refractivity contribution in [2.45, 2.75) is 6.42 Å². The second-order valence-corrected chi connectivity index (χ2v) is 6.96. The molecule has 0 bridgehead atoms. The van der Waals surface area contributed by atoms with E-state index in [4.69, 9.17) is 4.74 Å². The van der Waals surface area contributed by atoms with Crippen molar-refractivity contribution >= 4 is 16.7 Å². The van der Waals surface area contributed by atoms with Gasteiger partial charge in [0.1, 0.15) is 5.75 Å². The van der Waals surface area contributed by atoms with Crippen LogP contribution in [0.5, 0.6) is 5.75 Å². The fourth-order valence-electron chi connectivity index (χ4n) is 3.76. The molecule has 144 valence electrons. The van der Waals surface area contributed by atoms with Gasteiger partial charge in [0.25, 0.3) is 0 Å². The number of ether oxygens (including phenoxy) is 1. The van der Waals surface area contributed by atoms with Crippen LogP contribution in [0.4, 0.5) is 0 Å². The number of nitrogens with one attached hydrogen (secondary N) is 4. The molecule has 0 saturated carbocycles. The fraction of sp³-hybridized carbons (Fsp3) is 0.0870. The Morgan fingerprint density at radius 1 is 0.897 bits per heavy atom. The van der Waals surface area contributed by atoms with Crippen LogP contribution in [0.2, 0.25) is 0 Å². The molecule has 0 fully saturated rings. The van der Waals surface area contributed by atoms with Crippen molar-refractivity contribution in [2.75, 3.05) is 7.11 Å². The van der Waals surface area contributed by atoms with E-state index in [1.807, 2.05) is 18.2 Å². The van der Waals surface area contributed by atoms with Crippen LogP contribution >= 0.6 is 0 Å². The number of methoxy groups -OCH3 is 1. The van der Waals surface area contributed by atoms with E-state index < -0.39 is 0 Å². The molecular formula is C23H21N5O. The summed E-state index contributed by atoms with van der Waals surface area (Å²) in [7, 11) is 1.69. The van der Waals surface area contributed by atoms with Gasteiger partial charge in [-0.1, -0.05) is 48.5 Å². The molecule has 6 heteroatoms. The number of benzene rings is 3. The lowest BCUT2D eigenvalue weighted by molar-refractivity contribution is 0.415. The Balaban J connectivity index is 1.61. The predicted molar refractivity (Wildman–Crippen MR) is 115 cm³/mol. The van der Waals surface area contributed by atoms with Crippen molar-refractivity contribution in [3.05, 3.63) is 89.5 Å². The molecule has 1 aliphatic rings. The van der Waals surface area contributed by atoms with Crippen molar-refractivity contribution in [3.8, 4) is 17.0 Å². The molecule has 1 aromatic heterocycles. The van der Waals surface area contributed by atoms with E-state index in [9.17, 15) is 0 Å². The highest BCUT2D eigenvalue weighted by Gasteiger charge is 2.15. The van der Waals surface area contributed by atoms with Gasteiger partial charge in [0.15, 0.2) is 5.84 Å². The van der Waals surface area contributed by atoms with Crippen molar-refractivity contribution in [3.63, 3.8) is 0 Å². The van der Waals surface area contributed by atoms with Crippen molar-refractivity contribution in [2.24, 2.45) is 5.10 Å². The molecule has 1 aliphatic heterocycles. The van der Waals surface area contributed by atoms with Gasteiger partial charge in [-0.3, -0.25) is 5.43 Å². The molecule has 0 amide bonds. The predicted octanol–water partition coefficient (Wildman–Crippen LogP) is 3.71. The first-order valence-corrected chi connectivity index (χ1v) is 9.49. The number of hydrogen-bond acceptors (Lipinski definition) is 5.